The fraction of sp³-hybridized carbons (Fsp3) is 1.00. The van der Waals surface area contributed by atoms with Crippen LogP contribution in [0.3, 0.4) is 0 Å². The normalized spacial score (nSPS) is 28.2. The van der Waals surface area contributed by atoms with Crippen molar-refractivity contribution in [3.63, 3.8) is 0 Å². The van der Waals surface area contributed by atoms with Crippen molar-refractivity contribution in [2.45, 2.75) is 43.4 Å². The highest BCUT2D eigenvalue weighted by Gasteiger charge is 2.36. The Balaban J connectivity index is 2.43. The summed E-state index contributed by atoms with van der Waals surface area (Å²) in [6, 6.07) is 0.432. The summed E-state index contributed by atoms with van der Waals surface area (Å²) in [5, 5.41) is 3.36. The van der Waals surface area contributed by atoms with E-state index in [1.807, 2.05) is 18.8 Å². The average Bonchev–Trinajstić information content (AvgIpc) is 2.59. The van der Waals surface area contributed by atoms with Crippen LogP contribution in [-0.4, -0.2) is 44.0 Å². The molecule has 3 nitrogen and oxygen atoms in total. The monoisotopic (exact) mass is 265 g/mol. The molecule has 0 amide bonds. The third-order valence-electron chi connectivity index (χ3n) is 3.34. The molecular formula is C11H23NO2S2. The second-order valence-electron chi connectivity index (χ2n) is 4.88. The smallest absolute Gasteiger partial charge is 0.147 e. The van der Waals surface area contributed by atoms with Crippen LogP contribution in [0.2, 0.25) is 0 Å². The van der Waals surface area contributed by atoms with Crippen molar-refractivity contribution in [1.82, 2.24) is 5.32 Å². The van der Waals surface area contributed by atoms with Gasteiger partial charge in [-0.3, -0.25) is 0 Å². The summed E-state index contributed by atoms with van der Waals surface area (Å²) in [6.45, 7) is 2.30. The van der Waals surface area contributed by atoms with E-state index in [0.717, 1.165) is 12.8 Å². The number of rotatable bonds is 6. The van der Waals surface area contributed by atoms with Crippen molar-refractivity contribution in [2.24, 2.45) is 0 Å². The molecule has 2 unspecified atom stereocenters. The van der Waals surface area contributed by atoms with Crippen molar-refractivity contribution in [3.05, 3.63) is 0 Å². The SMILES string of the molecule is CNC(CCCS(C)(=O)=O)C1(C)CCCS1. The summed E-state index contributed by atoms with van der Waals surface area (Å²) in [4.78, 5) is 0. The second-order valence-corrected chi connectivity index (χ2v) is 8.77. The Bertz CT molecular complexity index is 308. The molecule has 5 heteroatoms. The molecule has 0 spiro atoms. The van der Waals surface area contributed by atoms with E-state index in [4.69, 9.17) is 0 Å². The van der Waals surface area contributed by atoms with Crippen LogP contribution >= 0.6 is 11.8 Å². The van der Waals surface area contributed by atoms with Gasteiger partial charge < -0.3 is 5.32 Å². The Morgan fingerprint density at radius 1 is 1.50 bits per heavy atom. The zero-order valence-corrected chi connectivity index (χ0v) is 12.1. The maximum Gasteiger partial charge on any atom is 0.147 e. The molecule has 0 aromatic carbocycles. The number of hydrogen-bond donors (Lipinski definition) is 1. The van der Waals surface area contributed by atoms with Crippen LogP contribution in [0.4, 0.5) is 0 Å². The molecule has 2 atom stereocenters. The van der Waals surface area contributed by atoms with Gasteiger partial charge in [0.2, 0.25) is 0 Å². The molecule has 1 heterocycles. The molecule has 0 bridgehead atoms. The zero-order chi connectivity index (χ0) is 12.2. The van der Waals surface area contributed by atoms with Gasteiger partial charge in [0.1, 0.15) is 9.84 Å². The Hall–Kier alpha value is 0.260. The third kappa shape index (κ3) is 4.26. The van der Waals surface area contributed by atoms with Crippen LogP contribution in [0.15, 0.2) is 0 Å². The minimum absolute atomic E-state index is 0.298. The van der Waals surface area contributed by atoms with Crippen LogP contribution in [0.25, 0.3) is 0 Å². The van der Waals surface area contributed by atoms with E-state index in [2.05, 4.69) is 12.2 Å². The van der Waals surface area contributed by atoms with Gasteiger partial charge in [0.15, 0.2) is 0 Å². The predicted octanol–water partition coefficient (Wildman–Crippen LogP) is 1.68. The lowest BCUT2D eigenvalue weighted by Gasteiger charge is -2.33. The van der Waals surface area contributed by atoms with Crippen LogP contribution in [-0.2, 0) is 9.84 Å². The van der Waals surface area contributed by atoms with Crippen molar-refractivity contribution >= 4 is 21.6 Å². The number of thioether (sulfide) groups is 1. The Morgan fingerprint density at radius 3 is 2.62 bits per heavy atom. The lowest BCUT2D eigenvalue weighted by molar-refractivity contribution is 0.401. The molecule has 16 heavy (non-hydrogen) atoms. The Morgan fingerprint density at radius 2 is 2.19 bits per heavy atom. The highest BCUT2D eigenvalue weighted by atomic mass is 32.2. The highest BCUT2D eigenvalue weighted by Crippen LogP contribution is 2.41. The van der Waals surface area contributed by atoms with Gasteiger partial charge in [0, 0.05) is 22.8 Å². The molecule has 96 valence electrons. The second kappa shape index (κ2) is 5.74. The first kappa shape index (κ1) is 14.3. The molecule has 1 aliphatic rings. The number of nitrogens with one attached hydrogen (secondary N) is 1. The summed E-state index contributed by atoms with van der Waals surface area (Å²) < 4.78 is 22.5. The predicted molar refractivity (Wildman–Crippen MR) is 71.9 cm³/mol. The molecule has 0 saturated carbocycles. The van der Waals surface area contributed by atoms with Crippen LogP contribution in [0, 0.1) is 0 Å². The highest BCUT2D eigenvalue weighted by molar-refractivity contribution is 8.00. The molecule has 1 aliphatic heterocycles. The van der Waals surface area contributed by atoms with Gasteiger partial charge in [-0.05, 0) is 45.4 Å². The van der Waals surface area contributed by atoms with E-state index in [-0.39, 0.29) is 0 Å². The molecule has 0 aromatic rings. The van der Waals surface area contributed by atoms with Crippen LogP contribution in [0.1, 0.15) is 32.6 Å². The van der Waals surface area contributed by atoms with Gasteiger partial charge in [0.25, 0.3) is 0 Å². The largest absolute Gasteiger partial charge is 0.316 e. The van der Waals surface area contributed by atoms with Gasteiger partial charge in [-0.2, -0.15) is 11.8 Å². The topological polar surface area (TPSA) is 46.2 Å². The number of hydrogen-bond acceptors (Lipinski definition) is 4. The molecule has 1 N–H and O–H groups in total. The van der Waals surface area contributed by atoms with Gasteiger partial charge >= 0.3 is 0 Å². The van der Waals surface area contributed by atoms with Crippen LogP contribution in [0.5, 0.6) is 0 Å². The Kier molecular flexibility index (Phi) is 5.13. The zero-order valence-electron chi connectivity index (χ0n) is 10.5. The fourth-order valence-corrected chi connectivity index (χ4v) is 4.55. The summed E-state index contributed by atoms with van der Waals surface area (Å²) >= 11 is 2.02. The van der Waals surface area contributed by atoms with E-state index in [1.165, 1.54) is 24.9 Å². The summed E-state index contributed by atoms with van der Waals surface area (Å²) in [6.07, 6.45) is 5.55. The minimum atomic E-state index is -2.81. The maximum absolute atomic E-state index is 11.1. The van der Waals surface area contributed by atoms with E-state index in [0.29, 0.717) is 16.5 Å². The van der Waals surface area contributed by atoms with E-state index >= 15 is 0 Å². The third-order valence-corrected chi connectivity index (χ3v) is 6.01. The van der Waals surface area contributed by atoms with Crippen molar-refractivity contribution in [1.29, 1.82) is 0 Å². The summed E-state index contributed by atoms with van der Waals surface area (Å²) in [5.74, 6) is 1.55. The molecule has 1 rings (SSSR count). The van der Waals surface area contributed by atoms with Crippen LogP contribution < -0.4 is 5.32 Å². The average molecular weight is 265 g/mol. The lowest BCUT2D eigenvalue weighted by atomic mass is 9.93. The van der Waals surface area contributed by atoms with Crippen molar-refractivity contribution < 1.29 is 8.42 Å². The number of sulfone groups is 1. The first-order valence-corrected chi connectivity index (χ1v) is 8.91. The summed E-state index contributed by atoms with van der Waals surface area (Å²) in [5.41, 5.74) is 0. The quantitative estimate of drug-likeness (QED) is 0.794. The lowest BCUT2D eigenvalue weighted by Crippen LogP contribution is -2.43. The molecule has 0 radical (unpaired) electrons. The van der Waals surface area contributed by atoms with E-state index in [1.54, 1.807) is 0 Å². The minimum Gasteiger partial charge on any atom is -0.316 e. The van der Waals surface area contributed by atoms with Gasteiger partial charge in [-0.1, -0.05) is 0 Å². The molecular weight excluding hydrogens is 242 g/mol. The molecule has 0 aliphatic carbocycles. The Labute approximate surface area is 104 Å². The van der Waals surface area contributed by atoms with Crippen molar-refractivity contribution in [2.75, 3.05) is 24.8 Å². The van der Waals surface area contributed by atoms with Gasteiger partial charge in [-0.25, -0.2) is 8.42 Å². The van der Waals surface area contributed by atoms with E-state index in [9.17, 15) is 8.42 Å². The molecule has 0 aromatic heterocycles. The first-order chi connectivity index (χ1) is 7.37. The summed E-state index contributed by atoms with van der Waals surface area (Å²) in [7, 11) is -0.825. The molecule has 1 fully saturated rings. The first-order valence-electron chi connectivity index (χ1n) is 5.86. The van der Waals surface area contributed by atoms with Crippen molar-refractivity contribution in [3.8, 4) is 0 Å². The van der Waals surface area contributed by atoms with E-state index < -0.39 is 9.84 Å². The van der Waals surface area contributed by atoms with Gasteiger partial charge in [-0.15, -0.1) is 0 Å². The molecule has 1 saturated heterocycles. The van der Waals surface area contributed by atoms with Gasteiger partial charge in [0.05, 0.1) is 0 Å². The maximum atomic E-state index is 11.1. The standard InChI is InChI=1S/C11H23NO2S2/c1-11(7-5-8-15-11)10(12-2)6-4-9-16(3,13)14/h10,12H,4-9H2,1-3H3. The fourth-order valence-electron chi connectivity index (χ4n) is 2.38.